The van der Waals surface area contributed by atoms with Crippen LogP contribution in [0, 0.1) is 23.7 Å². The van der Waals surface area contributed by atoms with Crippen molar-refractivity contribution in [2.75, 3.05) is 69.0 Å². The summed E-state index contributed by atoms with van der Waals surface area (Å²) in [5.41, 5.74) is -1.70. The van der Waals surface area contributed by atoms with E-state index in [1.807, 2.05) is 34.6 Å². The van der Waals surface area contributed by atoms with Crippen molar-refractivity contribution in [2.45, 2.75) is 182 Å². The molecule has 11 amide bonds. The topological polar surface area (TPSA) is 259 Å². The standard InChI is InChI=1S/C65H99ClF3N11O11/c1-19-41(8)56-62(90)76(14)36-54(83)74(12)37-55(84)78(16)51(34-44-22-27-46(66)28-23-44)61(89)75(13)35-52(81)71-47(29-24-43-20-25-45(26-21-43)65(67,68)69)60(88)79(17)50(32-40(6)7)59(87)73-64(10,11)63(91)80(18)49(31-39(4)5)57(85)70-42(9)33-53(82)77(15)48(30-38(2)3)58(86)72-56/h20-23,25-28,38-42,47-51,56H,19,24,29-37H2,1-18H3,(H,70,85)(H,71,81)(H,72,86)(H,73,87)/t41-,42+,47-,48-,49-,50-,51-,56-/m0/s1. The Morgan fingerprint density at radius 3 is 1.54 bits per heavy atom. The molecule has 3 rings (SSSR count). The van der Waals surface area contributed by atoms with Crippen LogP contribution in [-0.4, -0.2) is 216 Å². The largest absolute Gasteiger partial charge is 0.416 e. The van der Waals surface area contributed by atoms with Gasteiger partial charge in [0.05, 0.1) is 25.2 Å². The van der Waals surface area contributed by atoms with Crippen LogP contribution in [0.2, 0.25) is 5.02 Å². The Morgan fingerprint density at radius 1 is 0.549 bits per heavy atom. The Kier molecular flexibility index (Phi) is 29.4. The van der Waals surface area contributed by atoms with Crippen molar-refractivity contribution in [1.82, 2.24) is 55.6 Å². The summed E-state index contributed by atoms with van der Waals surface area (Å²) >= 11 is 6.20. The van der Waals surface area contributed by atoms with Crippen LogP contribution in [0.1, 0.15) is 131 Å². The van der Waals surface area contributed by atoms with Gasteiger partial charge in [-0.1, -0.05) is 97.7 Å². The summed E-state index contributed by atoms with van der Waals surface area (Å²) in [5, 5.41) is 11.6. The summed E-state index contributed by atoms with van der Waals surface area (Å²) in [5.74, 6) is -8.60. The third kappa shape index (κ3) is 23.1. The van der Waals surface area contributed by atoms with Crippen molar-refractivity contribution in [3.05, 3.63) is 70.2 Å². The Morgan fingerprint density at radius 2 is 1.02 bits per heavy atom. The monoisotopic (exact) mass is 1300 g/mol. The van der Waals surface area contributed by atoms with Crippen LogP contribution >= 0.6 is 11.6 Å². The van der Waals surface area contributed by atoms with Crippen LogP contribution in [0.3, 0.4) is 0 Å². The van der Waals surface area contributed by atoms with Gasteiger partial charge in [0.15, 0.2) is 0 Å². The van der Waals surface area contributed by atoms with Gasteiger partial charge in [0.1, 0.15) is 41.8 Å². The molecule has 1 saturated heterocycles. The molecule has 0 spiro atoms. The molecule has 1 heterocycles. The molecular formula is C65H99ClF3N11O11. The molecule has 2 aromatic carbocycles. The molecule has 26 heteroatoms. The van der Waals surface area contributed by atoms with E-state index in [9.17, 15) is 65.9 Å². The maximum Gasteiger partial charge on any atom is 0.416 e. The molecule has 1 aliphatic heterocycles. The number of alkyl halides is 3. The highest BCUT2D eigenvalue weighted by Gasteiger charge is 2.43. The van der Waals surface area contributed by atoms with E-state index in [1.165, 1.54) is 85.1 Å². The number of hydrogen-bond donors (Lipinski definition) is 4. The zero-order valence-corrected chi connectivity index (χ0v) is 57.1. The van der Waals surface area contributed by atoms with E-state index in [-0.39, 0.29) is 62.7 Å². The van der Waals surface area contributed by atoms with E-state index in [0.29, 0.717) is 22.6 Å². The van der Waals surface area contributed by atoms with Crippen LogP contribution < -0.4 is 21.3 Å². The van der Waals surface area contributed by atoms with Gasteiger partial charge >= 0.3 is 6.18 Å². The molecule has 1 fully saturated rings. The second-order valence-corrected chi connectivity index (χ2v) is 26.7. The Balaban J connectivity index is 2.23. The number of carbonyl (C=O) groups is 11. The SMILES string of the molecule is CC[C@H](C)[C@@H]1NC(=O)[C@H](CC(C)C)N(C)C(=O)C[C@@H](C)NC(=O)[C@H](CC(C)C)N(C)C(=O)C(C)(C)NC(=O)[C@H](CC(C)C)N(C)C(=O)[C@H](CCc2ccc(C(F)(F)F)cc2)NC(=O)CN(C)C(=O)[C@H](Cc2ccc(Cl)cc2)N(C)C(=O)CN(C)C(=O)CN(C)C1=O. The Labute approximate surface area is 540 Å². The van der Waals surface area contributed by atoms with E-state index >= 15 is 0 Å². The zero-order chi connectivity index (χ0) is 69.3. The fourth-order valence-electron chi connectivity index (χ4n) is 10.7. The van der Waals surface area contributed by atoms with Crippen molar-refractivity contribution in [3.8, 4) is 0 Å². The van der Waals surface area contributed by atoms with Crippen LogP contribution in [0.4, 0.5) is 13.2 Å². The predicted molar refractivity (Wildman–Crippen MR) is 340 cm³/mol. The van der Waals surface area contributed by atoms with Crippen LogP contribution in [0.25, 0.3) is 0 Å². The van der Waals surface area contributed by atoms with Gasteiger partial charge in [0.2, 0.25) is 65.0 Å². The minimum atomic E-state index is -4.63. The van der Waals surface area contributed by atoms with Gasteiger partial charge in [0.25, 0.3) is 0 Å². The molecule has 91 heavy (non-hydrogen) atoms. The molecule has 8 atom stereocenters. The highest BCUT2D eigenvalue weighted by Crippen LogP contribution is 2.30. The van der Waals surface area contributed by atoms with Gasteiger partial charge in [-0.05, 0) is 112 Å². The number of carbonyl (C=O) groups excluding carboxylic acids is 11. The van der Waals surface area contributed by atoms with Crippen molar-refractivity contribution < 1.29 is 65.9 Å². The highest BCUT2D eigenvalue weighted by atomic mass is 35.5. The number of nitrogens with one attached hydrogen (secondary N) is 4. The number of halogens is 4. The number of hydrogen-bond acceptors (Lipinski definition) is 11. The Hall–Kier alpha value is -7.31. The maximum atomic E-state index is 14.9. The van der Waals surface area contributed by atoms with Gasteiger partial charge in [-0.3, -0.25) is 52.7 Å². The van der Waals surface area contributed by atoms with E-state index in [0.717, 1.165) is 36.6 Å². The first-order valence-electron chi connectivity index (χ1n) is 31.0. The number of amides is 11. The summed E-state index contributed by atoms with van der Waals surface area (Å²) in [6.07, 6.45) is -4.45. The zero-order valence-electron chi connectivity index (χ0n) is 56.4. The van der Waals surface area contributed by atoms with E-state index in [2.05, 4.69) is 21.3 Å². The van der Waals surface area contributed by atoms with Crippen LogP contribution in [0.5, 0.6) is 0 Å². The molecule has 1 aliphatic rings. The Bertz CT molecular complexity index is 2880. The molecule has 0 saturated carbocycles. The fourth-order valence-corrected chi connectivity index (χ4v) is 10.8. The van der Waals surface area contributed by atoms with Gasteiger partial charge < -0.3 is 55.6 Å². The van der Waals surface area contributed by atoms with Crippen LogP contribution in [0.15, 0.2) is 48.5 Å². The predicted octanol–water partition coefficient (Wildman–Crippen LogP) is 5.17. The van der Waals surface area contributed by atoms with E-state index in [4.69, 9.17) is 11.6 Å². The average molecular weight is 1300 g/mol. The van der Waals surface area contributed by atoms with Crippen molar-refractivity contribution in [1.29, 1.82) is 0 Å². The lowest BCUT2D eigenvalue weighted by Gasteiger charge is -2.38. The summed E-state index contributed by atoms with van der Waals surface area (Å²) in [6, 6.07) is 2.45. The van der Waals surface area contributed by atoms with Crippen molar-refractivity contribution in [2.24, 2.45) is 23.7 Å². The minimum Gasteiger partial charge on any atom is -0.351 e. The summed E-state index contributed by atoms with van der Waals surface area (Å²) < 4.78 is 40.8. The lowest BCUT2D eigenvalue weighted by atomic mass is 9.95. The number of likely N-dealkylation sites (N-methyl/N-ethyl adjacent to an activating group) is 7. The molecule has 2 aromatic rings. The molecule has 0 unspecified atom stereocenters. The van der Waals surface area contributed by atoms with Crippen molar-refractivity contribution >= 4 is 76.6 Å². The first-order chi connectivity index (χ1) is 42.1. The van der Waals surface area contributed by atoms with Gasteiger partial charge in [0, 0.05) is 73.2 Å². The average Bonchev–Trinajstić information content (AvgIpc) is 1.07. The molecule has 4 N–H and O–H groups in total. The van der Waals surface area contributed by atoms with Gasteiger partial charge in [-0.2, -0.15) is 13.2 Å². The first-order valence-corrected chi connectivity index (χ1v) is 31.4. The highest BCUT2D eigenvalue weighted by molar-refractivity contribution is 6.30. The van der Waals surface area contributed by atoms with Gasteiger partial charge in [-0.15, -0.1) is 0 Å². The molecule has 0 radical (unpaired) electrons. The van der Waals surface area contributed by atoms with Crippen molar-refractivity contribution in [3.63, 3.8) is 0 Å². The molecule has 22 nitrogen and oxygen atoms in total. The van der Waals surface area contributed by atoms with Gasteiger partial charge in [-0.25, -0.2) is 0 Å². The molecule has 0 bridgehead atoms. The second-order valence-electron chi connectivity index (χ2n) is 26.2. The minimum absolute atomic E-state index is 0.0402. The number of nitrogens with zero attached hydrogens (tertiary/aromatic N) is 7. The number of benzene rings is 2. The number of aryl methyl sites for hydroxylation is 1. The van der Waals surface area contributed by atoms with E-state index < -0.39 is 150 Å². The lowest BCUT2D eigenvalue weighted by Crippen LogP contribution is -2.63. The summed E-state index contributed by atoms with van der Waals surface area (Å²) in [6.45, 7) is 17.3. The third-order valence-electron chi connectivity index (χ3n) is 16.5. The quantitative estimate of drug-likeness (QED) is 0.203. The third-order valence-corrected chi connectivity index (χ3v) is 16.8. The summed E-state index contributed by atoms with van der Waals surface area (Å²) in [7, 11) is 9.57. The molecular weight excluding hydrogens is 1200 g/mol. The van der Waals surface area contributed by atoms with Crippen LogP contribution in [-0.2, 0) is 71.8 Å². The molecule has 0 aromatic heterocycles. The number of rotatable bonds is 13. The normalized spacial score (nSPS) is 23.6. The second kappa shape index (κ2) is 34.4. The smallest absolute Gasteiger partial charge is 0.351 e. The molecule has 0 aliphatic carbocycles. The van der Waals surface area contributed by atoms with E-state index in [1.54, 1.807) is 52.0 Å². The lowest BCUT2D eigenvalue weighted by molar-refractivity contribution is -0.149. The fraction of sp³-hybridized carbons (Fsp3) is 0.646. The summed E-state index contributed by atoms with van der Waals surface area (Å²) in [4.78, 5) is 167. The molecule has 508 valence electrons. The maximum absolute atomic E-state index is 14.9. The first kappa shape index (κ1) is 77.9.